The summed E-state index contributed by atoms with van der Waals surface area (Å²) in [4.78, 5) is 2.59. The first-order valence-electron chi connectivity index (χ1n) is 7.97. The van der Waals surface area contributed by atoms with Crippen molar-refractivity contribution in [2.45, 2.75) is 65.0 Å². The molecule has 0 amide bonds. The molecule has 0 aliphatic carbocycles. The molecule has 1 atom stereocenters. The summed E-state index contributed by atoms with van der Waals surface area (Å²) in [5, 5.41) is 0. The first kappa shape index (κ1) is 15.5. The molecular formula is C18H30N2. The molecular weight excluding hydrogens is 244 g/mol. The van der Waals surface area contributed by atoms with Crippen LogP contribution in [0.25, 0.3) is 0 Å². The Kier molecular flexibility index (Phi) is 4.87. The summed E-state index contributed by atoms with van der Waals surface area (Å²) >= 11 is 0. The lowest BCUT2D eigenvalue weighted by Gasteiger charge is -2.44. The summed E-state index contributed by atoms with van der Waals surface area (Å²) in [5.41, 5.74) is 10.7. The van der Waals surface area contributed by atoms with Crippen LogP contribution in [0.2, 0.25) is 0 Å². The fraction of sp³-hybridized carbons (Fsp3) is 0.667. The number of rotatable bonds is 4. The second kappa shape index (κ2) is 6.28. The Morgan fingerprint density at radius 1 is 1.05 bits per heavy atom. The van der Waals surface area contributed by atoms with Gasteiger partial charge in [-0.15, -0.1) is 0 Å². The van der Waals surface area contributed by atoms with Crippen molar-refractivity contribution in [2.75, 3.05) is 13.1 Å². The average Bonchev–Trinajstić information content (AvgIpc) is 2.38. The third kappa shape index (κ3) is 3.62. The summed E-state index contributed by atoms with van der Waals surface area (Å²) in [7, 11) is 0. The Morgan fingerprint density at radius 3 is 2.15 bits per heavy atom. The SMILES string of the molecule is Cc1cc(C)cc(CC(N)C(C)(C)N2CCCCC2)c1. The molecule has 1 saturated heterocycles. The van der Waals surface area contributed by atoms with Gasteiger partial charge in [0.05, 0.1) is 0 Å². The first-order valence-corrected chi connectivity index (χ1v) is 7.97. The minimum absolute atomic E-state index is 0.0814. The molecule has 1 fully saturated rings. The van der Waals surface area contributed by atoms with E-state index in [1.807, 2.05) is 0 Å². The van der Waals surface area contributed by atoms with Crippen LogP contribution in [-0.2, 0) is 6.42 Å². The minimum atomic E-state index is 0.0814. The summed E-state index contributed by atoms with van der Waals surface area (Å²) in [6.45, 7) is 11.4. The molecule has 0 aromatic heterocycles. The maximum absolute atomic E-state index is 6.57. The van der Waals surface area contributed by atoms with Crippen LogP contribution in [0.15, 0.2) is 18.2 Å². The lowest BCUT2D eigenvalue weighted by Crippen LogP contribution is -2.58. The van der Waals surface area contributed by atoms with Gasteiger partial charge in [0.15, 0.2) is 0 Å². The number of likely N-dealkylation sites (tertiary alicyclic amines) is 1. The zero-order valence-corrected chi connectivity index (χ0v) is 13.6. The number of nitrogens with zero attached hydrogens (tertiary/aromatic N) is 1. The molecule has 112 valence electrons. The predicted molar refractivity (Wildman–Crippen MR) is 87.1 cm³/mol. The van der Waals surface area contributed by atoms with Gasteiger partial charge in [0.25, 0.3) is 0 Å². The highest BCUT2D eigenvalue weighted by Crippen LogP contribution is 2.25. The van der Waals surface area contributed by atoms with Crippen LogP contribution in [0.5, 0.6) is 0 Å². The Morgan fingerprint density at radius 2 is 1.60 bits per heavy atom. The Bertz CT molecular complexity index is 424. The molecule has 1 aliphatic heterocycles. The summed E-state index contributed by atoms with van der Waals surface area (Å²) in [6.07, 6.45) is 4.98. The van der Waals surface area contributed by atoms with Crippen LogP contribution in [0, 0.1) is 13.8 Å². The van der Waals surface area contributed by atoms with Crippen LogP contribution in [0.3, 0.4) is 0 Å². The highest BCUT2D eigenvalue weighted by molar-refractivity contribution is 5.29. The molecule has 2 nitrogen and oxygen atoms in total. The molecule has 1 aromatic carbocycles. The third-order valence-electron chi connectivity index (χ3n) is 4.82. The van der Waals surface area contributed by atoms with Crippen molar-refractivity contribution in [1.29, 1.82) is 0 Å². The Balaban J connectivity index is 2.07. The number of hydrogen-bond acceptors (Lipinski definition) is 2. The van der Waals surface area contributed by atoms with E-state index in [9.17, 15) is 0 Å². The van der Waals surface area contributed by atoms with Gasteiger partial charge in [-0.25, -0.2) is 0 Å². The molecule has 0 spiro atoms. The van der Waals surface area contributed by atoms with Gasteiger partial charge in [0.2, 0.25) is 0 Å². The second-order valence-corrected chi connectivity index (χ2v) is 7.01. The van der Waals surface area contributed by atoms with Gasteiger partial charge in [0, 0.05) is 11.6 Å². The fourth-order valence-corrected chi connectivity index (χ4v) is 3.40. The van der Waals surface area contributed by atoms with Crippen LogP contribution in [0.4, 0.5) is 0 Å². The second-order valence-electron chi connectivity index (χ2n) is 7.01. The number of aryl methyl sites for hydroxylation is 2. The molecule has 1 unspecified atom stereocenters. The molecule has 0 radical (unpaired) electrons. The van der Waals surface area contributed by atoms with Gasteiger partial charge in [0.1, 0.15) is 0 Å². The van der Waals surface area contributed by atoms with E-state index in [2.05, 4.69) is 50.8 Å². The van der Waals surface area contributed by atoms with E-state index < -0.39 is 0 Å². The van der Waals surface area contributed by atoms with Gasteiger partial charge in [-0.3, -0.25) is 4.90 Å². The largest absolute Gasteiger partial charge is 0.326 e. The van der Waals surface area contributed by atoms with Crippen molar-refractivity contribution in [3.05, 3.63) is 34.9 Å². The first-order chi connectivity index (χ1) is 9.39. The van der Waals surface area contributed by atoms with Gasteiger partial charge < -0.3 is 5.73 Å². The maximum Gasteiger partial charge on any atom is 0.0307 e. The molecule has 2 rings (SSSR count). The van der Waals surface area contributed by atoms with E-state index >= 15 is 0 Å². The van der Waals surface area contributed by atoms with E-state index in [-0.39, 0.29) is 11.6 Å². The Labute approximate surface area is 124 Å². The summed E-state index contributed by atoms with van der Waals surface area (Å²) < 4.78 is 0. The van der Waals surface area contributed by atoms with Gasteiger partial charge >= 0.3 is 0 Å². The average molecular weight is 274 g/mol. The molecule has 20 heavy (non-hydrogen) atoms. The van der Waals surface area contributed by atoms with Crippen molar-refractivity contribution in [1.82, 2.24) is 4.90 Å². The minimum Gasteiger partial charge on any atom is -0.326 e. The fourth-order valence-electron chi connectivity index (χ4n) is 3.40. The van der Waals surface area contributed by atoms with E-state index in [0.717, 1.165) is 6.42 Å². The summed E-state index contributed by atoms with van der Waals surface area (Å²) in [5.74, 6) is 0. The number of nitrogens with two attached hydrogens (primary N) is 1. The lowest BCUT2D eigenvalue weighted by atomic mass is 9.86. The zero-order valence-electron chi connectivity index (χ0n) is 13.6. The monoisotopic (exact) mass is 274 g/mol. The number of hydrogen-bond donors (Lipinski definition) is 1. The number of piperidine rings is 1. The molecule has 0 bridgehead atoms. The standard InChI is InChI=1S/C18H30N2/c1-14-10-15(2)12-16(11-14)13-17(19)18(3,4)20-8-6-5-7-9-20/h10-12,17H,5-9,13,19H2,1-4H3. The summed E-state index contributed by atoms with van der Waals surface area (Å²) in [6, 6.07) is 6.96. The maximum atomic E-state index is 6.57. The van der Waals surface area contributed by atoms with Crippen molar-refractivity contribution in [2.24, 2.45) is 5.73 Å². The molecule has 1 heterocycles. The number of benzene rings is 1. The highest BCUT2D eigenvalue weighted by atomic mass is 15.2. The highest BCUT2D eigenvalue weighted by Gasteiger charge is 2.33. The lowest BCUT2D eigenvalue weighted by molar-refractivity contribution is 0.0731. The van der Waals surface area contributed by atoms with Crippen molar-refractivity contribution < 1.29 is 0 Å². The van der Waals surface area contributed by atoms with E-state index in [4.69, 9.17) is 5.73 Å². The Hall–Kier alpha value is -0.860. The topological polar surface area (TPSA) is 29.3 Å². The van der Waals surface area contributed by atoms with Gasteiger partial charge in [-0.05, 0) is 65.6 Å². The van der Waals surface area contributed by atoms with Crippen molar-refractivity contribution in [3.8, 4) is 0 Å². The van der Waals surface area contributed by atoms with E-state index in [1.165, 1.54) is 49.0 Å². The molecule has 2 N–H and O–H groups in total. The van der Waals surface area contributed by atoms with Crippen LogP contribution in [-0.4, -0.2) is 29.6 Å². The molecule has 1 aromatic rings. The van der Waals surface area contributed by atoms with Crippen molar-refractivity contribution >= 4 is 0 Å². The molecule has 2 heteroatoms. The van der Waals surface area contributed by atoms with Gasteiger partial charge in [-0.1, -0.05) is 35.7 Å². The zero-order chi connectivity index (χ0) is 14.8. The van der Waals surface area contributed by atoms with Crippen LogP contribution in [0.1, 0.15) is 49.8 Å². The molecule has 1 aliphatic rings. The third-order valence-corrected chi connectivity index (χ3v) is 4.82. The molecule has 0 saturated carbocycles. The predicted octanol–water partition coefficient (Wildman–Crippen LogP) is 3.44. The quantitative estimate of drug-likeness (QED) is 0.911. The normalized spacial score (nSPS) is 19.1. The van der Waals surface area contributed by atoms with E-state index in [0.29, 0.717) is 0 Å². The van der Waals surface area contributed by atoms with Crippen LogP contribution < -0.4 is 5.73 Å². The van der Waals surface area contributed by atoms with Crippen molar-refractivity contribution in [3.63, 3.8) is 0 Å². The van der Waals surface area contributed by atoms with Gasteiger partial charge in [-0.2, -0.15) is 0 Å². The van der Waals surface area contributed by atoms with E-state index in [1.54, 1.807) is 0 Å². The van der Waals surface area contributed by atoms with Crippen LogP contribution >= 0.6 is 0 Å². The smallest absolute Gasteiger partial charge is 0.0307 e.